The topological polar surface area (TPSA) is 112 Å². The Kier molecular flexibility index (Phi) is 5.57. The molecule has 4 N–H and O–H groups in total. The van der Waals surface area contributed by atoms with Crippen LogP contribution in [0.25, 0.3) is 22.3 Å². The van der Waals surface area contributed by atoms with Gasteiger partial charge < -0.3 is 25.5 Å². The van der Waals surface area contributed by atoms with Crippen LogP contribution in [-0.2, 0) is 6.42 Å². The fourth-order valence-corrected chi connectivity index (χ4v) is 4.26. The van der Waals surface area contributed by atoms with Crippen LogP contribution in [-0.4, -0.2) is 57.8 Å². The summed E-state index contributed by atoms with van der Waals surface area (Å²) in [5, 5.41) is 16.1. The number of aliphatic hydroxyl groups excluding tert-OH is 1. The van der Waals surface area contributed by atoms with Crippen LogP contribution in [0.4, 0.5) is 0 Å². The zero-order valence-electron chi connectivity index (χ0n) is 18.4. The number of nitrogens with zero attached hydrogens (tertiary/aromatic N) is 2. The summed E-state index contributed by atoms with van der Waals surface area (Å²) in [5.41, 5.74) is 5.29. The number of hydrogen-bond donors (Lipinski definition) is 4. The van der Waals surface area contributed by atoms with Crippen LogP contribution < -0.4 is 15.4 Å². The summed E-state index contributed by atoms with van der Waals surface area (Å²) in [6.45, 7) is 5.70. The summed E-state index contributed by atoms with van der Waals surface area (Å²) < 4.78 is 6.16. The molecular weight excluding hydrogens is 406 g/mol. The number of aromatic amines is 1. The molecular formula is C24H29N5O3. The predicted molar refractivity (Wildman–Crippen MR) is 122 cm³/mol. The normalized spacial score (nSPS) is 20.6. The minimum Gasteiger partial charge on any atom is -0.493 e. The molecule has 1 amide bonds. The number of aliphatic hydroxyl groups is 1. The minimum atomic E-state index is -0.599. The van der Waals surface area contributed by atoms with E-state index in [0.29, 0.717) is 47.9 Å². The van der Waals surface area contributed by atoms with E-state index in [2.05, 4.69) is 44.6 Å². The third kappa shape index (κ3) is 3.96. The van der Waals surface area contributed by atoms with Crippen LogP contribution in [0, 0.1) is 12.8 Å². The molecule has 0 radical (unpaired) electrons. The minimum absolute atomic E-state index is 0.251. The van der Waals surface area contributed by atoms with Crippen molar-refractivity contribution in [1.82, 2.24) is 25.6 Å². The molecule has 2 aromatic heterocycles. The molecule has 3 aromatic rings. The standard InChI is InChI=1S/C24H29N5O3/c1-3-14-6-7-19(32-11-15-4-5-15)16(8-14)21-23-22(27-12-26-21)20(13(2)28-23)24(31)29-17-9-25-10-18(17)30/h6-8,12,15,17-18,25,28,30H,3-5,9-11H2,1-2H3,(H,29,31)/t17-,18-/m1/s1. The van der Waals surface area contributed by atoms with Crippen LogP contribution in [0.3, 0.4) is 0 Å². The summed E-state index contributed by atoms with van der Waals surface area (Å²) >= 11 is 0. The number of rotatable bonds is 7. The molecule has 2 fully saturated rings. The van der Waals surface area contributed by atoms with Crippen molar-refractivity contribution < 1.29 is 14.6 Å². The van der Waals surface area contributed by atoms with Gasteiger partial charge in [0.1, 0.15) is 23.3 Å². The van der Waals surface area contributed by atoms with E-state index < -0.39 is 6.10 Å². The Morgan fingerprint density at radius 1 is 1.28 bits per heavy atom. The van der Waals surface area contributed by atoms with Gasteiger partial charge >= 0.3 is 0 Å². The fourth-order valence-electron chi connectivity index (χ4n) is 4.26. The Labute approximate surface area is 186 Å². The van der Waals surface area contributed by atoms with Gasteiger partial charge in [0.25, 0.3) is 5.91 Å². The number of benzene rings is 1. The Morgan fingerprint density at radius 2 is 2.12 bits per heavy atom. The first-order chi connectivity index (χ1) is 15.5. The second-order valence-electron chi connectivity index (χ2n) is 8.81. The molecule has 3 heterocycles. The highest BCUT2D eigenvalue weighted by molar-refractivity contribution is 6.09. The number of β-amino-alcohol motifs (C(OH)–C–C–N with tert-alkyl or cyclic N) is 1. The number of aryl methyl sites for hydroxylation is 2. The number of fused-ring (bicyclic) bond motifs is 1. The van der Waals surface area contributed by atoms with E-state index in [1.165, 1.54) is 24.7 Å². The maximum atomic E-state index is 13.1. The van der Waals surface area contributed by atoms with Crippen LogP contribution in [0.15, 0.2) is 24.5 Å². The van der Waals surface area contributed by atoms with E-state index in [9.17, 15) is 9.90 Å². The SMILES string of the molecule is CCc1ccc(OCC2CC2)c(-c2ncnc3c(C(=O)N[C@@H]4CNC[C@H]4O)c(C)[nH]c23)c1. The zero-order valence-corrected chi connectivity index (χ0v) is 18.4. The molecule has 8 nitrogen and oxygen atoms in total. The fraction of sp³-hybridized carbons (Fsp3) is 0.458. The molecule has 1 aliphatic carbocycles. The molecule has 0 unspecified atom stereocenters. The lowest BCUT2D eigenvalue weighted by Crippen LogP contribution is -2.42. The molecule has 8 heteroatoms. The molecule has 1 aliphatic heterocycles. The van der Waals surface area contributed by atoms with Gasteiger partial charge in [-0.15, -0.1) is 0 Å². The average Bonchev–Trinajstić information content (AvgIpc) is 3.44. The monoisotopic (exact) mass is 435 g/mol. The van der Waals surface area contributed by atoms with Gasteiger partial charge in [-0.25, -0.2) is 9.97 Å². The van der Waals surface area contributed by atoms with Crippen LogP contribution in [0.5, 0.6) is 5.75 Å². The largest absolute Gasteiger partial charge is 0.493 e. The third-order valence-electron chi connectivity index (χ3n) is 6.38. The molecule has 5 rings (SSSR count). The van der Waals surface area contributed by atoms with Crippen LogP contribution >= 0.6 is 0 Å². The molecule has 1 aromatic carbocycles. The van der Waals surface area contributed by atoms with Gasteiger partial charge in [-0.05, 0) is 49.8 Å². The van der Waals surface area contributed by atoms with Gasteiger partial charge in [-0.2, -0.15) is 0 Å². The third-order valence-corrected chi connectivity index (χ3v) is 6.38. The Balaban J connectivity index is 1.54. The molecule has 1 saturated heterocycles. The highest BCUT2D eigenvalue weighted by atomic mass is 16.5. The van der Waals surface area contributed by atoms with Gasteiger partial charge in [0.2, 0.25) is 0 Å². The van der Waals surface area contributed by atoms with Gasteiger partial charge in [-0.1, -0.05) is 13.0 Å². The summed E-state index contributed by atoms with van der Waals surface area (Å²) in [7, 11) is 0. The lowest BCUT2D eigenvalue weighted by Gasteiger charge is -2.15. The summed E-state index contributed by atoms with van der Waals surface area (Å²) in [6.07, 6.45) is 4.24. The van der Waals surface area contributed by atoms with Crippen LogP contribution in [0.1, 0.15) is 41.4 Å². The molecule has 2 atom stereocenters. The molecule has 2 aliphatic rings. The zero-order chi connectivity index (χ0) is 22.2. The Morgan fingerprint density at radius 3 is 2.84 bits per heavy atom. The smallest absolute Gasteiger partial charge is 0.255 e. The Bertz CT molecular complexity index is 1150. The van der Waals surface area contributed by atoms with Crippen molar-refractivity contribution in [2.75, 3.05) is 19.7 Å². The number of hydrogen-bond acceptors (Lipinski definition) is 6. The second-order valence-corrected chi connectivity index (χ2v) is 8.81. The van der Waals surface area contributed by atoms with Gasteiger partial charge in [0, 0.05) is 24.3 Å². The summed E-state index contributed by atoms with van der Waals surface area (Å²) in [6, 6.07) is 5.89. The van der Waals surface area contributed by atoms with Crippen molar-refractivity contribution in [2.24, 2.45) is 5.92 Å². The van der Waals surface area contributed by atoms with E-state index in [1.54, 1.807) is 0 Å². The van der Waals surface area contributed by atoms with Crippen molar-refractivity contribution in [1.29, 1.82) is 0 Å². The van der Waals surface area contributed by atoms with E-state index >= 15 is 0 Å². The van der Waals surface area contributed by atoms with Gasteiger partial charge in [-0.3, -0.25) is 4.79 Å². The lowest BCUT2D eigenvalue weighted by molar-refractivity contribution is 0.0889. The van der Waals surface area contributed by atoms with E-state index in [4.69, 9.17) is 4.74 Å². The van der Waals surface area contributed by atoms with E-state index in [1.807, 2.05) is 13.0 Å². The van der Waals surface area contributed by atoms with Crippen molar-refractivity contribution in [3.63, 3.8) is 0 Å². The maximum Gasteiger partial charge on any atom is 0.255 e. The first-order valence-electron chi connectivity index (χ1n) is 11.3. The molecule has 0 spiro atoms. The average molecular weight is 436 g/mol. The molecule has 0 bridgehead atoms. The lowest BCUT2D eigenvalue weighted by atomic mass is 10.0. The first-order valence-corrected chi connectivity index (χ1v) is 11.3. The second kappa shape index (κ2) is 8.52. The quantitative estimate of drug-likeness (QED) is 0.453. The molecule has 1 saturated carbocycles. The van der Waals surface area contributed by atoms with Crippen LogP contribution in [0.2, 0.25) is 0 Å². The molecule has 168 valence electrons. The van der Waals surface area contributed by atoms with Gasteiger partial charge in [0.15, 0.2) is 0 Å². The number of carbonyl (C=O) groups excluding carboxylic acids is 1. The first kappa shape index (κ1) is 20.9. The number of H-pyrrole nitrogens is 1. The summed E-state index contributed by atoms with van der Waals surface area (Å²) in [5.74, 6) is 1.19. The Hall–Kier alpha value is -2.97. The van der Waals surface area contributed by atoms with Crippen molar-refractivity contribution in [2.45, 2.75) is 45.3 Å². The highest BCUT2D eigenvalue weighted by Gasteiger charge is 2.29. The maximum absolute atomic E-state index is 13.1. The highest BCUT2D eigenvalue weighted by Crippen LogP contribution is 2.37. The number of carbonyl (C=O) groups is 1. The molecule has 32 heavy (non-hydrogen) atoms. The van der Waals surface area contributed by atoms with Crippen molar-refractivity contribution in [3.8, 4) is 17.0 Å². The van der Waals surface area contributed by atoms with E-state index in [0.717, 1.165) is 23.4 Å². The number of aromatic nitrogens is 3. The number of amides is 1. The number of ether oxygens (including phenoxy) is 1. The van der Waals surface area contributed by atoms with Crippen molar-refractivity contribution >= 4 is 16.9 Å². The predicted octanol–water partition coefficient (Wildman–Crippen LogP) is 2.35. The van der Waals surface area contributed by atoms with E-state index in [-0.39, 0.29) is 11.9 Å². The summed E-state index contributed by atoms with van der Waals surface area (Å²) in [4.78, 5) is 25.4. The van der Waals surface area contributed by atoms with Crippen molar-refractivity contribution in [3.05, 3.63) is 41.3 Å². The van der Waals surface area contributed by atoms with Gasteiger partial charge in [0.05, 0.1) is 29.8 Å². The number of nitrogens with one attached hydrogen (secondary N) is 3.